The second-order valence-corrected chi connectivity index (χ2v) is 8.48. The number of nitrogens with zero attached hydrogens (tertiary/aromatic N) is 4. The largest absolute Gasteiger partial charge is 0.304 e. The molecule has 1 aliphatic heterocycles. The fraction of sp³-hybridized carbons (Fsp3) is 0.217. The standard InChI is InChI=1S/C23H23N5S/c1-27-11-13-28(14-12-27)26-23-24-16-19-15-18(7-8-20(19)25-23)22-10-9-21(29-22)17-5-3-2-4-6-17/h2-10,15-16H,11-14H2,1H3,(H,24,25,26). The smallest absolute Gasteiger partial charge is 0.238 e. The minimum Gasteiger partial charge on any atom is -0.304 e. The molecule has 0 aliphatic carbocycles. The van der Waals surface area contributed by atoms with Gasteiger partial charge >= 0.3 is 0 Å². The highest BCUT2D eigenvalue weighted by Gasteiger charge is 2.14. The number of anilines is 1. The van der Waals surface area contributed by atoms with Crippen LogP contribution in [0.3, 0.4) is 0 Å². The maximum Gasteiger partial charge on any atom is 0.238 e. The van der Waals surface area contributed by atoms with Crippen LogP contribution in [0, 0.1) is 0 Å². The van der Waals surface area contributed by atoms with Gasteiger partial charge in [0, 0.05) is 47.5 Å². The molecule has 2 aromatic heterocycles. The number of hydrogen-bond donors (Lipinski definition) is 1. The predicted molar refractivity (Wildman–Crippen MR) is 121 cm³/mol. The normalized spacial score (nSPS) is 15.6. The number of likely N-dealkylation sites (N-methyl/N-ethyl adjacent to an activating group) is 1. The van der Waals surface area contributed by atoms with Crippen LogP contribution in [0.1, 0.15) is 0 Å². The number of aromatic nitrogens is 2. The van der Waals surface area contributed by atoms with Gasteiger partial charge in [-0.25, -0.2) is 15.0 Å². The summed E-state index contributed by atoms with van der Waals surface area (Å²) < 4.78 is 0. The van der Waals surface area contributed by atoms with Crippen molar-refractivity contribution in [1.29, 1.82) is 0 Å². The van der Waals surface area contributed by atoms with Crippen LogP contribution < -0.4 is 5.43 Å². The monoisotopic (exact) mass is 401 g/mol. The summed E-state index contributed by atoms with van der Waals surface area (Å²) in [4.78, 5) is 14.1. The minimum absolute atomic E-state index is 0.664. The number of thiophene rings is 1. The van der Waals surface area contributed by atoms with Crippen molar-refractivity contribution < 1.29 is 0 Å². The van der Waals surface area contributed by atoms with Gasteiger partial charge in [0.25, 0.3) is 0 Å². The number of hydrogen-bond acceptors (Lipinski definition) is 6. The molecule has 0 radical (unpaired) electrons. The molecular weight excluding hydrogens is 378 g/mol. The third kappa shape index (κ3) is 4.00. The number of benzene rings is 2. The van der Waals surface area contributed by atoms with E-state index in [-0.39, 0.29) is 0 Å². The van der Waals surface area contributed by atoms with Gasteiger partial charge in [-0.3, -0.25) is 5.43 Å². The van der Waals surface area contributed by atoms with Gasteiger partial charge in [-0.15, -0.1) is 11.3 Å². The lowest BCUT2D eigenvalue weighted by atomic mass is 10.1. The molecule has 0 bridgehead atoms. The second kappa shape index (κ2) is 7.91. The van der Waals surface area contributed by atoms with Gasteiger partial charge in [-0.05, 0) is 42.4 Å². The lowest BCUT2D eigenvalue weighted by Gasteiger charge is -2.32. The van der Waals surface area contributed by atoms with E-state index in [2.05, 4.69) is 82.0 Å². The Hall–Kier alpha value is -2.80. The maximum absolute atomic E-state index is 4.70. The Morgan fingerprint density at radius 3 is 2.41 bits per heavy atom. The molecule has 3 heterocycles. The van der Waals surface area contributed by atoms with Gasteiger partial charge in [-0.1, -0.05) is 36.4 Å². The van der Waals surface area contributed by atoms with E-state index in [1.807, 2.05) is 23.6 Å². The van der Waals surface area contributed by atoms with Gasteiger partial charge < -0.3 is 4.90 Å². The van der Waals surface area contributed by atoms with E-state index >= 15 is 0 Å². The van der Waals surface area contributed by atoms with E-state index in [1.54, 1.807) is 0 Å². The molecule has 1 fully saturated rings. The van der Waals surface area contributed by atoms with E-state index in [4.69, 9.17) is 4.98 Å². The highest BCUT2D eigenvalue weighted by Crippen LogP contribution is 2.35. The molecule has 4 aromatic rings. The molecule has 1 aliphatic rings. The second-order valence-electron chi connectivity index (χ2n) is 7.40. The third-order valence-corrected chi connectivity index (χ3v) is 6.47. The summed E-state index contributed by atoms with van der Waals surface area (Å²) in [5.74, 6) is 0.664. The van der Waals surface area contributed by atoms with Crippen molar-refractivity contribution in [3.63, 3.8) is 0 Å². The summed E-state index contributed by atoms with van der Waals surface area (Å²) in [5.41, 5.74) is 6.77. The fourth-order valence-electron chi connectivity index (χ4n) is 3.55. The first-order valence-electron chi connectivity index (χ1n) is 9.87. The van der Waals surface area contributed by atoms with Crippen molar-refractivity contribution in [2.75, 3.05) is 38.7 Å². The van der Waals surface area contributed by atoms with Crippen LogP contribution >= 0.6 is 11.3 Å². The molecule has 1 N–H and O–H groups in total. The summed E-state index contributed by atoms with van der Waals surface area (Å²) in [7, 11) is 2.15. The van der Waals surface area contributed by atoms with E-state index in [0.29, 0.717) is 5.95 Å². The van der Waals surface area contributed by atoms with Gasteiger partial charge in [-0.2, -0.15) is 0 Å². The van der Waals surface area contributed by atoms with E-state index in [0.717, 1.165) is 37.1 Å². The SMILES string of the molecule is CN1CCN(Nc2ncc3cc(-c4ccc(-c5ccccc5)s4)ccc3n2)CC1. The lowest BCUT2D eigenvalue weighted by Crippen LogP contribution is -2.47. The van der Waals surface area contributed by atoms with Crippen molar-refractivity contribution in [2.24, 2.45) is 0 Å². The van der Waals surface area contributed by atoms with Crippen LogP contribution in [0.4, 0.5) is 5.95 Å². The van der Waals surface area contributed by atoms with Crippen LogP contribution in [0.5, 0.6) is 0 Å². The minimum atomic E-state index is 0.664. The number of hydrazine groups is 1. The molecule has 0 spiro atoms. The summed E-state index contributed by atoms with van der Waals surface area (Å²) >= 11 is 1.81. The van der Waals surface area contributed by atoms with Crippen molar-refractivity contribution in [1.82, 2.24) is 19.9 Å². The molecule has 0 amide bonds. The maximum atomic E-state index is 4.70. The highest BCUT2D eigenvalue weighted by atomic mass is 32.1. The lowest BCUT2D eigenvalue weighted by molar-refractivity contribution is 0.178. The molecule has 0 unspecified atom stereocenters. The van der Waals surface area contributed by atoms with Crippen LogP contribution in [0.25, 0.3) is 31.8 Å². The van der Waals surface area contributed by atoms with Crippen LogP contribution in [-0.2, 0) is 0 Å². The predicted octanol–water partition coefficient (Wildman–Crippen LogP) is 4.60. The van der Waals surface area contributed by atoms with Crippen molar-refractivity contribution >= 4 is 28.2 Å². The van der Waals surface area contributed by atoms with Crippen molar-refractivity contribution in [2.45, 2.75) is 0 Å². The molecule has 2 aromatic carbocycles. The summed E-state index contributed by atoms with van der Waals surface area (Å²) in [6, 6.07) is 21.3. The summed E-state index contributed by atoms with van der Waals surface area (Å²) in [6.45, 7) is 4.05. The van der Waals surface area contributed by atoms with E-state index in [1.165, 1.54) is 20.9 Å². The number of rotatable bonds is 4. The first-order valence-corrected chi connectivity index (χ1v) is 10.7. The summed E-state index contributed by atoms with van der Waals surface area (Å²) in [6.07, 6.45) is 1.91. The Labute approximate surface area is 174 Å². The van der Waals surface area contributed by atoms with Crippen LogP contribution in [-0.4, -0.2) is 53.1 Å². The fourth-order valence-corrected chi connectivity index (χ4v) is 4.56. The summed E-state index contributed by atoms with van der Waals surface area (Å²) in [5, 5.41) is 3.24. The zero-order valence-corrected chi connectivity index (χ0v) is 17.2. The molecule has 0 atom stereocenters. The molecular formula is C23H23N5S. The van der Waals surface area contributed by atoms with Gasteiger partial charge in [0.2, 0.25) is 5.95 Å². The molecule has 1 saturated heterocycles. The Morgan fingerprint density at radius 1 is 0.862 bits per heavy atom. The molecule has 0 saturated carbocycles. The number of piperazine rings is 1. The third-order valence-electron chi connectivity index (χ3n) is 5.29. The number of fused-ring (bicyclic) bond motifs is 1. The molecule has 6 heteroatoms. The van der Waals surface area contributed by atoms with E-state index in [9.17, 15) is 0 Å². The highest BCUT2D eigenvalue weighted by molar-refractivity contribution is 7.18. The topological polar surface area (TPSA) is 44.3 Å². The molecule has 29 heavy (non-hydrogen) atoms. The first kappa shape index (κ1) is 18.2. The molecule has 146 valence electrons. The zero-order chi connectivity index (χ0) is 19.6. The van der Waals surface area contributed by atoms with Crippen molar-refractivity contribution in [3.8, 4) is 20.9 Å². The molecule has 5 nitrogen and oxygen atoms in total. The van der Waals surface area contributed by atoms with Gasteiger partial charge in [0.1, 0.15) is 0 Å². The van der Waals surface area contributed by atoms with E-state index < -0.39 is 0 Å². The zero-order valence-electron chi connectivity index (χ0n) is 16.4. The van der Waals surface area contributed by atoms with Crippen LogP contribution in [0.2, 0.25) is 0 Å². The van der Waals surface area contributed by atoms with Gasteiger partial charge in [0.05, 0.1) is 5.52 Å². The Kier molecular flexibility index (Phi) is 4.97. The van der Waals surface area contributed by atoms with Crippen molar-refractivity contribution in [3.05, 3.63) is 66.9 Å². The average Bonchev–Trinajstić information content (AvgIpc) is 3.26. The average molecular weight is 402 g/mol. The quantitative estimate of drug-likeness (QED) is 0.541. The van der Waals surface area contributed by atoms with Crippen LogP contribution in [0.15, 0.2) is 66.9 Å². The Balaban J connectivity index is 1.36. The first-order chi connectivity index (χ1) is 14.2. The number of nitrogens with one attached hydrogen (secondary N) is 1. The van der Waals surface area contributed by atoms with Gasteiger partial charge in [0.15, 0.2) is 0 Å². The molecule has 5 rings (SSSR count). The Bertz CT molecular complexity index is 1120. The Morgan fingerprint density at radius 2 is 1.62 bits per heavy atom.